The van der Waals surface area contributed by atoms with E-state index in [2.05, 4.69) is 15.4 Å². The number of hydrogen-bond donors (Lipinski definition) is 3. The topological polar surface area (TPSA) is 126 Å². The van der Waals surface area contributed by atoms with Crippen molar-refractivity contribution < 1.29 is 23.2 Å². The van der Waals surface area contributed by atoms with Crippen LogP contribution in [0.1, 0.15) is 28.0 Å². The van der Waals surface area contributed by atoms with Crippen molar-refractivity contribution in [3.63, 3.8) is 0 Å². The molecule has 0 radical (unpaired) electrons. The van der Waals surface area contributed by atoms with Gasteiger partial charge in [-0.05, 0) is 62.4 Å². The molecule has 1 saturated heterocycles. The maximum Gasteiger partial charge on any atom is 0.269 e. The molecule has 2 atom stereocenters. The summed E-state index contributed by atoms with van der Waals surface area (Å²) < 4.78 is 30.7. The van der Waals surface area contributed by atoms with Gasteiger partial charge < -0.3 is 20.9 Å². The summed E-state index contributed by atoms with van der Waals surface area (Å²) in [4.78, 5) is 43.1. The normalized spacial score (nSPS) is 16.8. The minimum Gasteiger partial charge on any atom is -0.364 e. The van der Waals surface area contributed by atoms with Gasteiger partial charge in [0.1, 0.15) is 24.6 Å². The summed E-state index contributed by atoms with van der Waals surface area (Å²) in [6.07, 6.45) is -1.67. The van der Waals surface area contributed by atoms with E-state index in [-0.39, 0.29) is 30.9 Å². The number of primary amides is 1. The van der Waals surface area contributed by atoms with E-state index in [9.17, 15) is 23.2 Å². The smallest absolute Gasteiger partial charge is 0.269 e. The quantitative estimate of drug-likeness (QED) is 0.276. The van der Waals surface area contributed by atoms with Crippen LogP contribution in [0.5, 0.6) is 0 Å². The Hall–Kier alpha value is -5.06. The Morgan fingerprint density at radius 1 is 1.05 bits per heavy atom. The first kappa shape index (κ1) is 27.1. The number of nitrogens with zero attached hydrogens (tertiary/aromatic N) is 3. The molecule has 3 heterocycles. The van der Waals surface area contributed by atoms with E-state index in [1.807, 2.05) is 38.1 Å². The van der Waals surface area contributed by atoms with E-state index in [1.54, 1.807) is 24.3 Å². The van der Waals surface area contributed by atoms with E-state index in [1.165, 1.54) is 16.8 Å². The van der Waals surface area contributed by atoms with Gasteiger partial charge in [0.15, 0.2) is 5.69 Å². The highest BCUT2D eigenvalue weighted by Gasteiger charge is 2.40. The predicted octanol–water partition coefficient (Wildman–Crippen LogP) is 4.62. The first-order valence-electron chi connectivity index (χ1n) is 13.5. The zero-order valence-corrected chi connectivity index (χ0v) is 22.9. The van der Waals surface area contributed by atoms with Crippen molar-refractivity contribution in [2.24, 2.45) is 5.73 Å². The van der Waals surface area contributed by atoms with Gasteiger partial charge in [0, 0.05) is 34.0 Å². The number of halogens is 2. The Morgan fingerprint density at radius 2 is 1.81 bits per heavy atom. The highest BCUT2D eigenvalue weighted by atomic mass is 19.1. The molecule has 0 aliphatic carbocycles. The molecule has 6 rings (SSSR count). The second-order valence-electron chi connectivity index (χ2n) is 10.7. The Balaban J connectivity index is 1.23. The SMILES string of the molecule is Cc1ccc2[nH]c(-c3ccc(F)c(NC(=O)C4CC(F)CN4C(=O)Cn4nc(C(N)=O)c5cc(C)ccc54)c3)cc2c1. The number of fused-ring (bicyclic) bond motifs is 2. The highest BCUT2D eigenvalue weighted by molar-refractivity contribution is 6.04. The molecule has 3 aromatic carbocycles. The van der Waals surface area contributed by atoms with Crippen molar-refractivity contribution in [2.45, 2.75) is 39.0 Å². The summed E-state index contributed by atoms with van der Waals surface area (Å²) in [5.41, 5.74) is 10.2. The maximum absolute atomic E-state index is 14.8. The number of aromatic amines is 1. The molecule has 1 fully saturated rings. The average molecular weight is 571 g/mol. The minimum atomic E-state index is -1.44. The predicted molar refractivity (Wildman–Crippen MR) is 155 cm³/mol. The van der Waals surface area contributed by atoms with Gasteiger partial charge in [0.25, 0.3) is 5.91 Å². The van der Waals surface area contributed by atoms with E-state index < -0.39 is 35.8 Å². The van der Waals surface area contributed by atoms with Gasteiger partial charge in [-0.2, -0.15) is 5.10 Å². The number of benzene rings is 3. The van der Waals surface area contributed by atoms with Crippen molar-refractivity contribution in [1.29, 1.82) is 0 Å². The van der Waals surface area contributed by atoms with Crippen molar-refractivity contribution in [1.82, 2.24) is 19.7 Å². The molecule has 0 bridgehead atoms. The first-order valence-corrected chi connectivity index (χ1v) is 13.5. The van der Waals surface area contributed by atoms with Crippen molar-refractivity contribution in [3.05, 3.63) is 83.3 Å². The number of carbonyl (C=O) groups is 3. The Labute approximate surface area is 239 Å². The summed E-state index contributed by atoms with van der Waals surface area (Å²) in [5.74, 6) is -2.68. The van der Waals surface area contributed by atoms with Crippen LogP contribution in [0, 0.1) is 19.7 Å². The number of alkyl halides is 1. The van der Waals surface area contributed by atoms with Crippen LogP contribution < -0.4 is 11.1 Å². The van der Waals surface area contributed by atoms with E-state index >= 15 is 0 Å². The van der Waals surface area contributed by atoms with E-state index in [0.717, 1.165) is 32.6 Å². The molecular formula is C31H28F2N6O3. The van der Waals surface area contributed by atoms with Crippen LogP contribution in [-0.2, 0) is 16.1 Å². The van der Waals surface area contributed by atoms with Gasteiger partial charge in [-0.3, -0.25) is 19.1 Å². The fourth-order valence-corrected chi connectivity index (χ4v) is 5.54. The molecule has 5 aromatic rings. The molecule has 42 heavy (non-hydrogen) atoms. The van der Waals surface area contributed by atoms with Crippen molar-refractivity contribution in [3.8, 4) is 11.3 Å². The fraction of sp³-hybridized carbons (Fsp3) is 0.226. The molecule has 214 valence electrons. The zero-order valence-electron chi connectivity index (χ0n) is 22.9. The summed E-state index contributed by atoms with van der Waals surface area (Å²) >= 11 is 0. The largest absolute Gasteiger partial charge is 0.364 e. The molecule has 11 heteroatoms. The standard InChI is InChI=1S/C31H28F2N6O3/c1-16-3-7-23-19(9-16)12-24(35-23)18-5-6-22(33)25(11-18)36-31(42)27-13-20(32)14-38(27)28(40)15-39-26-8-4-17(2)10-21(26)29(37-39)30(34)41/h3-12,20,27,35H,13-15H2,1-2H3,(H2,34,41)(H,36,42). The minimum absolute atomic E-state index is 0.0149. The highest BCUT2D eigenvalue weighted by Crippen LogP contribution is 2.30. The molecule has 9 nitrogen and oxygen atoms in total. The number of anilines is 1. The Morgan fingerprint density at radius 3 is 2.60 bits per heavy atom. The van der Waals surface area contributed by atoms with Gasteiger partial charge in [0.2, 0.25) is 11.8 Å². The monoisotopic (exact) mass is 570 g/mol. The van der Waals surface area contributed by atoms with Crippen LogP contribution in [-0.4, -0.2) is 56.1 Å². The molecule has 4 N–H and O–H groups in total. The maximum atomic E-state index is 14.8. The van der Waals surface area contributed by atoms with Crippen LogP contribution in [0.3, 0.4) is 0 Å². The lowest BCUT2D eigenvalue weighted by Crippen LogP contribution is -2.44. The number of aryl methyl sites for hydroxylation is 2. The van der Waals surface area contributed by atoms with Gasteiger partial charge in [-0.1, -0.05) is 23.3 Å². The zero-order chi connectivity index (χ0) is 29.7. The molecule has 0 saturated carbocycles. The first-order chi connectivity index (χ1) is 20.1. The molecule has 0 spiro atoms. The lowest BCUT2D eigenvalue weighted by Gasteiger charge is -2.24. The third-order valence-electron chi connectivity index (χ3n) is 7.61. The van der Waals surface area contributed by atoms with E-state index in [0.29, 0.717) is 16.5 Å². The van der Waals surface area contributed by atoms with Gasteiger partial charge >= 0.3 is 0 Å². The Bertz CT molecular complexity index is 1890. The van der Waals surface area contributed by atoms with Gasteiger partial charge in [-0.15, -0.1) is 0 Å². The second-order valence-corrected chi connectivity index (χ2v) is 10.7. The van der Waals surface area contributed by atoms with Crippen LogP contribution in [0.2, 0.25) is 0 Å². The van der Waals surface area contributed by atoms with Gasteiger partial charge in [-0.25, -0.2) is 8.78 Å². The number of aromatic nitrogens is 3. The lowest BCUT2D eigenvalue weighted by atomic mass is 10.1. The third-order valence-corrected chi connectivity index (χ3v) is 7.61. The molecule has 1 aliphatic heterocycles. The third kappa shape index (κ3) is 4.98. The molecule has 2 aromatic heterocycles. The van der Waals surface area contributed by atoms with Crippen molar-refractivity contribution >= 4 is 45.2 Å². The van der Waals surface area contributed by atoms with Crippen molar-refractivity contribution in [2.75, 3.05) is 11.9 Å². The average Bonchev–Trinajstić information content (AvgIpc) is 3.64. The van der Waals surface area contributed by atoms with Crippen LogP contribution in [0.15, 0.2) is 60.7 Å². The molecule has 1 aliphatic rings. The summed E-state index contributed by atoms with van der Waals surface area (Å²) in [7, 11) is 0. The fourth-order valence-electron chi connectivity index (χ4n) is 5.54. The van der Waals surface area contributed by atoms with Crippen LogP contribution >= 0.6 is 0 Å². The number of nitrogens with two attached hydrogens (primary N) is 1. The molecule has 3 amide bonds. The second kappa shape index (κ2) is 10.4. The molecule has 2 unspecified atom stereocenters. The number of rotatable bonds is 6. The van der Waals surface area contributed by atoms with E-state index in [4.69, 9.17) is 5.73 Å². The summed E-state index contributed by atoms with van der Waals surface area (Å²) in [5, 5.41) is 8.27. The number of hydrogen-bond acceptors (Lipinski definition) is 4. The number of nitrogens with one attached hydrogen (secondary N) is 2. The number of amides is 3. The van der Waals surface area contributed by atoms with Gasteiger partial charge in [0.05, 0.1) is 17.7 Å². The number of likely N-dealkylation sites (tertiary alicyclic amines) is 1. The number of carbonyl (C=O) groups excluding carboxylic acids is 3. The Kier molecular flexibility index (Phi) is 6.72. The summed E-state index contributed by atoms with van der Waals surface area (Å²) in [6.45, 7) is 3.20. The summed E-state index contributed by atoms with van der Waals surface area (Å²) in [6, 6.07) is 16.4. The lowest BCUT2D eigenvalue weighted by molar-refractivity contribution is -0.137. The molecular weight excluding hydrogens is 542 g/mol. The van der Waals surface area contributed by atoms with Crippen LogP contribution in [0.25, 0.3) is 33.1 Å². The van der Waals surface area contributed by atoms with Crippen LogP contribution in [0.4, 0.5) is 14.5 Å². The number of H-pyrrole nitrogens is 1.